The number of aliphatic hydroxyl groups is 1. The molecule has 1 aromatic heterocycles. The minimum atomic E-state index is -4.03. The maximum Gasteiger partial charge on any atom is 0.407 e. The van der Waals surface area contributed by atoms with Crippen LogP contribution in [-0.2, 0) is 30.7 Å². The molecule has 3 aromatic rings. The number of amides is 1. The highest BCUT2D eigenvalue weighted by Crippen LogP contribution is 2.33. The third-order valence-electron chi connectivity index (χ3n) is 9.49. The van der Waals surface area contributed by atoms with Gasteiger partial charge < -0.3 is 34.9 Å². The highest BCUT2D eigenvalue weighted by molar-refractivity contribution is 7.89. The van der Waals surface area contributed by atoms with Crippen LogP contribution in [0.3, 0.4) is 0 Å². The predicted octanol–water partition coefficient (Wildman–Crippen LogP) is 4.55. The molecule has 4 heterocycles. The SMILES string of the molecule is CC(C)CN1CC[C@H](Nc2nc3ccc(S(=O)(=O)N(CC(C)C)C[C@@H](O)[C@H](Cc4ccccc4)NC(=O)O[C@H]4CO[C@H]5OCC[C@H]54)cc3s2)C1. The molecule has 0 radical (unpaired) electrons. The Bertz CT molecular complexity index is 1690. The van der Waals surface area contributed by atoms with E-state index in [9.17, 15) is 18.3 Å². The van der Waals surface area contributed by atoms with E-state index in [0.29, 0.717) is 18.6 Å². The van der Waals surface area contributed by atoms with E-state index in [4.69, 9.17) is 19.2 Å². The standard InChI is InChI=1S/C36H51N5O7S2/c1-23(2)18-40-14-12-26(20-40)37-35-38-29-11-10-27(17-33(29)49-35)50(44,45)41(19-24(3)4)21-31(42)30(16-25-8-6-5-7-9-25)39-36(43)48-32-22-47-34-28(32)13-15-46-34/h5-11,17,23-24,26,28,30-32,34,42H,12-16,18-22H2,1-4H3,(H,37,38)(H,39,43)/t26-,28-,30-,31+,32-,34+/m0/s1. The van der Waals surface area contributed by atoms with Gasteiger partial charge in [0.15, 0.2) is 11.4 Å². The molecule has 0 aliphatic carbocycles. The van der Waals surface area contributed by atoms with Gasteiger partial charge in [-0.25, -0.2) is 18.2 Å². The fourth-order valence-corrected chi connectivity index (χ4v) is 9.82. The number of hydrogen-bond acceptors (Lipinski definition) is 11. The van der Waals surface area contributed by atoms with Gasteiger partial charge in [0.05, 0.1) is 46.4 Å². The highest BCUT2D eigenvalue weighted by Gasteiger charge is 2.44. The molecule has 3 saturated heterocycles. The molecule has 0 bridgehead atoms. The molecule has 6 rings (SSSR count). The molecule has 50 heavy (non-hydrogen) atoms. The molecule has 1 amide bonds. The van der Waals surface area contributed by atoms with E-state index in [0.717, 1.165) is 53.4 Å². The first-order chi connectivity index (χ1) is 23.9. The number of hydrogen-bond donors (Lipinski definition) is 3. The van der Waals surface area contributed by atoms with E-state index < -0.39 is 34.4 Å². The van der Waals surface area contributed by atoms with Gasteiger partial charge in [0.25, 0.3) is 0 Å². The average Bonchev–Trinajstić information content (AvgIpc) is 3.86. The minimum absolute atomic E-state index is 0.0176. The number of sulfonamides is 1. The molecule has 0 spiro atoms. The number of aliphatic hydroxyl groups excluding tert-OH is 1. The fourth-order valence-electron chi connectivity index (χ4n) is 7.12. The third-order valence-corrected chi connectivity index (χ3v) is 12.3. The smallest absolute Gasteiger partial charge is 0.407 e. The quantitative estimate of drug-likeness (QED) is 0.204. The van der Waals surface area contributed by atoms with Crippen LogP contribution >= 0.6 is 11.3 Å². The Labute approximate surface area is 299 Å². The largest absolute Gasteiger partial charge is 0.443 e. The Morgan fingerprint density at radius 1 is 1.10 bits per heavy atom. The van der Waals surface area contributed by atoms with Crippen LogP contribution < -0.4 is 10.6 Å². The van der Waals surface area contributed by atoms with Gasteiger partial charge in [-0.3, -0.25) is 0 Å². The second-order valence-electron chi connectivity index (χ2n) is 14.6. The van der Waals surface area contributed by atoms with Gasteiger partial charge in [0, 0.05) is 38.8 Å². The number of carbonyl (C=O) groups is 1. The zero-order valence-corrected chi connectivity index (χ0v) is 31.0. The van der Waals surface area contributed by atoms with Crippen LogP contribution in [0.1, 0.15) is 46.1 Å². The van der Waals surface area contributed by atoms with Crippen LogP contribution in [0.25, 0.3) is 10.2 Å². The van der Waals surface area contributed by atoms with Crippen LogP contribution in [0, 0.1) is 17.8 Å². The molecule has 3 aliphatic rings. The van der Waals surface area contributed by atoms with E-state index in [2.05, 4.69) is 29.4 Å². The second kappa shape index (κ2) is 16.2. The van der Waals surface area contributed by atoms with Crippen molar-refractivity contribution in [3.8, 4) is 0 Å². The van der Waals surface area contributed by atoms with Crippen LogP contribution in [0.2, 0.25) is 0 Å². The zero-order valence-electron chi connectivity index (χ0n) is 29.4. The lowest BCUT2D eigenvalue weighted by atomic mass is 10.0. The van der Waals surface area contributed by atoms with Gasteiger partial charge in [0.1, 0.15) is 6.10 Å². The summed E-state index contributed by atoms with van der Waals surface area (Å²) >= 11 is 1.45. The number of thiazole rings is 1. The summed E-state index contributed by atoms with van der Waals surface area (Å²) in [6.07, 6.45) is -0.681. The molecule has 0 saturated carbocycles. The van der Waals surface area contributed by atoms with Crippen molar-refractivity contribution in [2.24, 2.45) is 17.8 Å². The Morgan fingerprint density at radius 2 is 1.90 bits per heavy atom. The van der Waals surface area contributed by atoms with Crippen molar-refractivity contribution < 1.29 is 32.5 Å². The number of likely N-dealkylation sites (tertiary alicyclic amines) is 1. The van der Waals surface area contributed by atoms with Gasteiger partial charge in [-0.2, -0.15) is 4.31 Å². The van der Waals surface area contributed by atoms with Gasteiger partial charge in [-0.05, 0) is 54.9 Å². The van der Waals surface area contributed by atoms with Gasteiger partial charge >= 0.3 is 6.09 Å². The lowest BCUT2D eigenvalue weighted by Crippen LogP contribution is -2.51. The number of nitrogens with one attached hydrogen (secondary N) is 2. The van der Waals surface area contributed by atoms with Gasteiger partial charge in [-0.15, -0.1) is 0 Å². The average molecular weight is 730 g/mol. The lowest BCUT2D eigenvalue weighted by molar-refractivity contribution is -0.0907. The van der Waals surface area contributed by atoms with Crippen molar-refractivity contribution in [3.05, 3.63) is 54.1 Å². The maximum absolute atomic E-state index is 14.2. The van der Waals surface area contributed by atoms with E-state index in [1.165, 1.54) is 15.6 Å². The Balaban J connectivity index is 1.16. The first kappa shape index (κ1) is 36.9. The van der Waals surface area contributed by atoms with E-state index in [1.807, 2.05) is 44.2 Å². The van der Waals surface area contributed by atoms with Gasteiger partial charge in [0.2, 0.25) is 10.0 Å². The summed E-state index contributed by atoms with van der Waals surface area (Å²) in [5.74, 6) is 0.565. The van der Waals surface area contributed by atoms with Crippen LogP contribution in [0.4, 0.5) is 9.93 Å². The molecule has 12 nitrogen and oxygen atoms in total. The molecule has 3 fully saturated rings. The van der Waals surface area contributed by atoms with Crippen molar-refractivity contribution in [2.45, 2.75) is 82.4 Å². The maximum atomic E-state index is 14.2. The summed E-state index contributed by atoms with van der Waals surface area (Å²) in [7, 11) is -4.03. The molecular formula is C36H51N5O7S2. The Morgan fingerprint density at radius 3 is 2.66 bits per heavy atom. The topological polar surface area (TPSA) is 143 Å². The summed E-state index contributed by atoms with van der Waals surface area (Å²) in [4.78, 5) is 20.5. The number of nitrogens with zero attached hydrogens (tertiary/aromatic N) is 3. The number of ether oxygens (including phenoxy) is 3. The number of alkyl carbamates (subject to hydrolysis) is 1. The van der Waals surface area contributed by atoms with Crippen LogP contribution in [-0.4, -0.2) is 110 Å². The van der Waals surface area contributed by atoms with Crippen molar-refractivity contribution in [1.82, 2.24) is 19.5 Å². The number of aromatic nitrogens is 1. The second-order valence-corrected chi connectivity index (χ2v) is 17.6. The normalized spacial score (nSPS) is 23.9. The summed E-state index contributed by atoms with van der Waals surface area (Å²) in [6.45, 7) is 12.2. The summed E-state index contributed by atoms with van der Waals surface area (Å²) in [5, 5.41) is 18.8. The molecular weight excluding hydrogens is 679 g/mol. The number of benzene rings is 2. The van der Waals surface area contributed by atoms with Gasteiger partial charge in [-0.1, -0.05) is 69.4 Å². The molecule has 0 unspecified atom stereocenters. The number of rotatable bonds is 15. The van der Waals surface area contributed by atoms with Crippen molar-refractivity contribution in [1.29, 1.82) is 0 Å². The summed E-state index contributed by atoms with van der Waals surface area (Å²) in [6, 6.07) is 14.0. The Hall–Kier alpha value is -2.85. The summed E-state index contributed by atoms with van der Waals surface area (Å²) in [5.41, 5.74) is 1.62. The van der Waals surface area contributed by atoms with Crippen molar-refractivity contribution in [2.75, 3.05) is 51.3 Å². The zero-order chi connectivity index (χ0) is 35.4. The molecule has 3 N–H and O–H groups in total. The van der Waals surface area contributed by atoms with E-state index in [-0.39, 0.29) is 49.1 Å². The van der Waals surface area contributed by atoms with Crippen molar-refractivity contribution >= 4 is 42.8 Å². The molecule has 274 valence electrons. The molecule has 2 aromatic carbocycles. The number of carbonyl (C=O) groups excluding carboxylic acids is 1. The van der Waals surface area contributed by atoms with E-state index in [1.54, 1.807) is 18.2 Å². The highest BCUT2D eigenvalue weighted by atomic mass is 32.2. The Kier molecular flexibility index (Phi) is 12.0. The molecule has 14 heteroatoms. The number of fused-ring (bicyclic) bond motifs is 2. The summed E-state index contributed by atoms with van der Waals surface area (Å²) < 4.78 is 47.5. The van der Waals surface area contributed by atoms with Crippen LogP contribution in [0.15, 0.2) is 53.4 Å². The third kappa shape index (κ3) is 9.14. The minimum Gasteiger partial charge on any atom is -0.443 e. The first-order valence-electron chi connectivity index (χ1n) is 17.8. The van der Waals surface area contributed by atoms with Crippen molar-refractivity contribution in [3.63, 3.8) is 0 Å². The molecule has 3 aliphatic heterocycles. The predicted molar refractivity (Wildman–Crippen MR) is 194 cm³/mol. The number of anilines is 1. The van der Waals surface area contributed by atoms with E-state index >= 15 is 0 Å². The fraction of sp³-hybridized carbons (Fsp3) is 0.611. The first-order valence-corrected chi connectivity index (χ1v) is 20.0. The monoisotopic (exact) mass is 729 g/mol. The molecule has 6 atom stereocenters. The van der Waals surface area contributed by atoms with Crippen LogP contribution in [0.5, 0.6) is 0 Å². The lowest BCUT2D eigenvalue weighted by Gasteiger charge is -2.31.